The van der Waals surface area contributed by atoms with Crippen LogP contribution in [0.2, 0.25) is 0 Å². The van der Waals surface area contributed by atoms with Crippen LogP contribution in [0, 0.1) is 0 Å². The van der Waals surface area contributed by atoms with E-state index in [4.69, 9.17) is 0 Å². The number of hydrogen-bond donors (Lipinski definition) is 2. The molecule has 4 rings (SSSR count). The molecule has 2 aromatic rings. The average Bonchev–Trinajstić information content (AvgIpc) is 3.11. The topological polar surface area (TPSA) is 77.6 Å². The summed E-state index contributed by atoms with van der Waals surface area (Å²) in [6.07, 6.45) is 9.72. The van der Waals surface area contributed by atoms with Crippen LogP contribution in [0.4, 0.5) is 22.0 Å². The molecule has 0 bridgehead atoms. The number of rotatable bonds is 4. The fourth-order valence-corrected chi connectivity index (χ4v) is 4.24. The molecule has 7 heteroatoms. The number of likely N-dealkylation sites (tertiary alicyclic amines) is 1. The van der Waals surface area contributed by atoms with Crippen LogP contribution >= 0.6 is 0 Å². The Bertz CT molecular complexity index is 885. The Labute approximate surface area is 183 Å². The van der Waals surface area contributed by atoms with Gasteiger partial charge in [-0.05, 0) is 68.5 Å². The molecule has 0 saturated carbocycles. The van der Waals surface area contributed by atoms with E-state index in [1.807, 2.05) is 35.2 Å². The number of nitrogens with zero attached hydrogens (tertiary/aromatic N) is 3. The van der Waals surface area contributed by atoms with Crippen molar-refractivity contribution in [1.82, 2.24) is 9.88 Å². The molecule has 164 valence electrons. The molecule has 1 aromatic heterocycles. The first-order chi connectivity index (χ1) is 15.2. The molecule has 7 nitrogen and oxygen atoms in total. The summed E-state index contributed by atoms with van der Waals surface area (Å²) in [5.41, 5.74) is 2.00. The van der Waals surface area contributed by atoms with E-state index in [0.717, 1.165) is 63.4 Å². The fraction of sp³-hybridized carbons (Fsp3) is 0.458. The standard InChI is InChI=1S/C24H31N5O2/c30-23(21-9-8-14-25-22(21)28-15-6-3-7-16-28)26-19-10-12-20(13-11-19)27-24(31)29-17-4-1-2-5-18-29/h8-14H,1-7,15-18H2,(H,26,30)(H,27,31). The molecule has 2 N–H and O–H groups in total. The van der Waals surface area contributed by atoms with Gasteiger partial charge in [-0.3, -0.25) is 4.79 Å². The first-order valence-electron chi connectivity index (χ1n) is 11.4. The Morgan fingerprint density at radius 1 is 0.742 bits per heavy atom. The molecule has 2 fully saturated rings. The lowest BCUT2D eigenvalue weighted by molar-refractivity contribution is 0.102. The summed E-state index contributed by atoms with van der Waals surface area (Å²) in [6, 6.07) is 10.8. The van der Waals surface area contributed by atoms with Crippen LogP contribution in [-0.2, 0) is 0 Å². The van der Waals surface area contributed by atoms with Crippen LogP contribution in [0.3, 0.4) is 0 Å². The number of carbonyl (C=O) groups is 2. The predicted molar refractivity (Wildman–Crippen MR) is 124 cm³/mol. The Hall–Kier alpha value is -3.09. The molecule has 31 heavy (non-hydrogen) atoms. The van der Waals surface area contributed by atoms with Crippen LogP contribution in [0.25, 0.3) is 0 Å². The van der Waals surface area contributed by atoms with E-state index in [1.54, 1.807) is 12.3 Å². The molecule has 1 aromatic carbocycles. The maximum Gasteiger partial charge on any atom is 0.321 e. The lowest BCUT2D eigenvalue weighted by atomic mass is 10.1. The largest absolute Gasteiger partial charge is 0.356 e. The average molecular weight is 422 g/mol. The minimum atomic E-state index is -0.171. The van der Waals surface area contributed by atoms with Gasteiger partial charge in [0.2, 0.25) is 0 Å². The van der Waals surface area contributed by atoms with Crippen molar-refractivity contribution in [3.63, 3.8) is 0 Å². The SMILES string of the molecule is O=C(Nc1ccc(NC(=O)N2CCCCCC2)cc1)c1cccnc1N1CCCCC1. The maximum absolute atomic E-state index is 12.9. The second-order valence-electron chi connectivity index (χ2n) is 8.29. The van der Waals surface area contributed by atoms with Crippen LogP contribution in [0.5, 0.6) is 0 Å². The van der Waals surface area contributed by atoms with Crippen molar-refractivity contribution >= 4 is 29.1 Å². The van der Waals surface area contributed by atoms with Crippen molar-refractivity contribution < 1.29 is 9.59 Å². The number of benzene rings is 1. The summed E-state index contributed by atoms with van der Waals surface area (Å²) >= 11 is 0. The van der Waals surface area contributed by atoms with Crippen molar-refractivity contribution in [3.8, 4) is 0 Å². The van der Waals surface area contributed by atoms with E-state index in [9.17, 15) is 9.59 Å². The Morgan fingerprint density at radius 3 is 2.00 bits per heavy atom. The summed E-state index contributed by atoms with van der Waals surface area (Å²) in [5, 5.41) is 5.92. The fourth-order valence-electron chi connectivity index (χ4n) is 4.24. The Kier molecular flexibility index (Phi) is 7.02. The number of piperidine rings is 1. The van der Waals surface area contributed by atoms with Gasteiger partial charge >= 0.3 is 6.03 Å². The van der Waals surface area contributed by atoms with E-state index >= 15 is 0 Å². The molecule has 3 heterocycles. The lowest BCUT2D eigenvalue weighted by Gasteiger charge is -2.29. The molecule has 0 radical (unpaired) electrons. The number of amides is 3. The predicted octanol–water partition coefficient (Wildman–Crippen LogP) is 4.73. The number of urea groups is 1. The van der Waals surface area contributed by atoms with Gasteiger partial charge in [-0.25, -0.2) is 9.78 Å². The minimum absolute atomic E-state index is 0.0554. The van der Waals surface area contributed by atoms with E-state index in [2.05, 4.69) is 20.5 Å². The molecule has 0 atom stereocenters. The van der Waals surface area contributed by atoms with Gasteiger partial charge < -0.3 is 20.4 Å². The third kappa shape index (κ3) is 5.54. The van der Waals surface area contributed by atoms with Gasteiger partial charge in [0, 0.05) is 43.8 Å². The summed E-state index contributed by atoms with van der Waals surface area (Å²) in [4.78, 5) is 34.0. The number of aromatic nitrogens is 1. The highest BCUT2D eigenvalue weighted by Gasteiger charge is 2.20. The smallest absolute Gasteiger partial charge is 0.321 e. The van der Waals surface area contributed by atoms with Gasteiger partial charge in [0.25, 0.3) is 5.91 Å². The number of carbonyl (C=O) groups excluding carboxylic acids is 2. The minimum Gasteiger partial charge on any atom is -0.356 e. The monoisotopic (exact) mass is 421 g/mol. The van der Waals surface area contributed by atoms with Crippen molar-refractivity contribution in [2.75, 3.05) is 41.7 Å². The van der Waals surface area contributed by atoms with Crippen molar-refractivity contribution in [2.45, 2.75) is 44.9 Å². The number of hydrogen-bond acceptors (Lipinski definition) is 4. The molecule has 2 aliphatic rings. The number of anilines is 3. The first-order valence-corrected chi connectivity index (χ1v) is 11.4. The molecule has 0 aliphatic carbocycles. The maximum atomic E-state index is 12.9. The third-order valence-corrected chi connectivity index (χ3v) is 5.97. The molecule has 2 saturated heterocycles. The van der Waals surface area contributed by atoms with Crippen LogP contribution < -0.4 is 15.5 Å². The van der Waals surface area contributed by atoms with E-state index in [-0.39, 0.29) is 11.9 Å². The van der Waals surface area contributed by atoms with Gasteiger partial charge in [-0.1, -0.05) is 12.8 Å². The van der Waals surface area contributed by atoms with Crippen molar-refractivity contribution in [2.24, 2.45) is 0 Å². The normalized spacial score (nSPS) is 17.0. The highest BCUT2D eigenvalue weighted by Crippen LogP contribution is 2.23. The van der Waals surface area contributed by atoms with Crippen molar-refractivity contribution in [1.29, 1.82) is 0 Å². The molecule has 2 aliphatic heterocycles. The van der Waals surface area contributed by atoms with Gasteiger partial charge in [0.05, 0.1) is 5.56 Å². The van der Waals surface area contributed by atoms with Gasteiger partial charge in [0.15, 0.2) is 0 Å². The van der Waals surface area contributed by atoms with Crippen LogP contribution in [0.1, 0.15) is 55.3 Å². The Balaban J connectivity index is 1.38. The number of pyridine rings is 1. The zero-order valence-corrected chi connectivity index (χ0v) is 18.0. The second kappa shape index (κ2) is 10.3. The van der Waals surface area contributed by atoms with E-state index in [1.165, 1.54) is 19.3 Å². The lowest BCUT2D eigenvalue weighted by Crippen LogP contribution is -2.35. The van der Waals surface area contributed by atoms with Gasteiger partial charge in [-0.15, -0.1) is 0 Å². The molecule has 0 spiro atoms. The second-order valence-corrected chi connectivity index (χ2v) is 8.29. The van der Waals surface area contributed by atoms with Gasteiger partial charge in [0.1, 0.15) is 5.82 Å². The van der Waals surface area contributed by atoms with Crippen LogP contribution in [-0.4, -0.2) is 48.0 Å². The summed E-state index contributed by atoms with van der Waals surface area (Å²) in [6.45, 7) is 3.49. The van der Waals surface area contributed by atoms with E-state index < -0.39 is 0 Å². The highest BCUT2D eigenvalue weighted by atomic mass is 16.2. The van der Waals surface area contributed by atoms with E-state index in [0.29, 0.717) is 11.3 Å². The number of nitrogens with one attached hydrogen (secondary N) is 2. The quantitative estimate of drug-likeness (QED) is 0.748. The van der Waals surface area contributed by atoms with Gasteiger partial charge in [-0.2, -0.15) is 0 Å². The third-order valence-electron chi connectivity index (χ3n) is 5.97. The summed E-state index contributed by atoms with van der Waals surface area (Å²) in [5.74, 6) is 0.580. The molecule has 3 amide bonds. The molecular weight excluding hydrogens is 390 g/mol. The first kappa shape index (κ1) is 21.2. The summed E-state index contributed by atoms with van der Waals surface area (Å²) in [7, 11) is 0. The Morgan fingerprint density at radius 2 is 1.32 bits per heavy atom. The zero-order valence-electron chi connectivity index (χ0n) is 18.0. The molecular formula is C24H31N5O2. The summed E-state index contributed by atoms with van der Waals surface area (Å²) < 4.78 is 0. The van der Waals surface area contributed by atoms with Crippen molar-refractivity contribution in [3.05, 3.63) is 48.2 Å². The zero-order chi connectivity index (χ0) is 21.5. The highest BCUT2D eigenvalue weighted by molar-refractivity contribution is 6.07. The molecule has 0 unspecified atom stereocenters. The van der Waals surface area contributed by atoms with Crippen LogP contribution in [0.15, 0.2) is 42.6 Å².